The van der Waals surface area contributed by atoms with E-state index in [4.69, 9.17) is 14.3 Å². The summed E-state index contributed by atoms with van der Waals surface area (Å²) in [5.41, 5.74) is 3.22. The number of ketones is 1. The number of ether oxygens (including phenoxy) is 2. The Balaban J connectivity index is 1.87. The van der Waals surface area contributed by atoms with E-state index >= 15 is 0 Å². The van der Waals surface area contributed by atoms with E-state index in [1.165, 1.54) is 13.2 Å². The molecular weight excluding hydrogens is 550 g/mol. The number of benzene rings is 1. The number of aldehydes is 1. The lowest BCUT2D eigenvalue weighted by molar-refractivity contribution is -0.169. The average molecular weight is 594 g/mol. The Hall–Kier alpha value is -3.85. The first-order chi connectivity index (χ1) is 20.5. The van der Waals surface area contributed by atoms with Crippen molar-refractivity contribution in [3.8, 4) is 0 Å². The average Bonchev–Trinajstić information content (AvgIpc) is 3.00. The van der Waals surface area contributed by atoms with Crippen molar-refractivity contribution in [3.05, 3.63) is 71.3 Å². The molecule has 1 unspecified atom stereocenters. The molecule has 3 rings (SSSR count). The molecule has 0 spiro atoms. The second-order valence-electron chi connectivity index (χ2n) is 11.8. The van der Waals surface area contributed by atoms with Gasteiger partial charge in [0.05, 0.1) is 18.9 Å². The summed E-state index contributed by atoms with van der Waals surface area (Å²) in [7, 11) is 1.24. The van der Waals surface area contributed by atoms with Crippen LogP contribution in [-0.4, -0.2) is 43.2 Å². The molecule has 0 aliphatic heterocycles. The monoisotopic (exact) mass is 593 g/mol. The number of carbonyl (C=O) groups excluding carboxylic acids is 5. The van der Waals surface area contributed by atoms with Gasteiger partial charge in [-0.15, -0.1) is 5.48 Å². The van der Waals surface area contributed by atoms with Gasteiger partial charge < -0.3 is 14.3 Å². The molecule has 2 aliphatic carbocycles. The quantitative estimate of drug-likeness (QED) is 0.106. The Kier molecular flexibility index (Phi) is 11.8. The van der Waals surface area contributed by atoms with Crippen LogP contribution in [0.25, 0.3) is 0 Å². The predicted molar refractivity (Wildman–Crippen MR) is 160 cm³/mol. The van der Waals surface area contributed by atoms with Crippen molar-refractivity contribution in [1.29, 1.82) is 0 Å². The molecule has 2 aliphatic rings. The van der Waals surface area contributed by atoms with Crippen LogP contribution in [0.5, 0.6) is 0 Å². The topological polar surface area (TPSA) is 125 Å². The first-order valence-electron chi connectivity index (χ1n) is 14.8. The maximum absolute atomic E-state index is 13.6. The van der Waals surface area contributed by atoms with E-state index in [0.29, 0.717) is 23.0 Å². The predicted octanol–water partition coefficient (Wildman–Crippen LogP) is 5.32. The zero-order valence-corrected chi connectivity index (χ0v) is 25.7. The van der Waals surface area contributed by atoms with E-state index in [1.54, 1.807) is 37.3 Å². The molecule has 0 bridgehead atoms. The number of methoxy groups -OCH3 is 1. The van der Waals surface area contributed by atoms with Crippen LogP contribution in [0.1, 0.15) is 77.8 Å². The lowest BCUT2D eigenvalue weighted by Crippen LogP contribution is -2.50. The number of fused-ring (bicyclic) bond motifs is 1. The molecule has 232 valence electrons. The van der Waals surface area contributed by atoms with E-state index < -0.39 is 47.3 Å². The largest absolute Gasteiger partial charge is 0.468 e. The van der Waals surface area contributed by atoms with Crippen LogP contribution in [0, 0.1) is 23.2 Å². The summed E-state index contributed by atoms with van der Waals surface area (Å²) >= 11 is 0. The maximum Gasteiger partial charge on any atom is 0.333 e. The van der Waals surface area contributed by atoms with Gasteiger partial charge >= 0.3 is 17.9 Å². The van der Waals surface area contributed by atoms with Gasteiger partial charge in [-0.05, 0) is 61.3 Å². The van der Waals surface area contributed by atoms with E-state index in [-0.39, 0.29) is 36.5 Å². The molecule has 6 atom stereocenters. The number of nitrogens with one attached hydrogen (secondary N) is 1. The van der Waals surface area contributed by atoms with E-state index in [2.05, 4.69) is 25.9 Å². The fraction of sp³-hybridized carbons (Fsp3) is 0.500. The number of hydrogen-bond acceptors (Lipinski definition) is 9. The highest BCUT2D eigenvalue weighted by Gasteiger charge is 2.54. The number of carbonyl (C=O) groups is 5. The minimum absolute atomic E-state index is 0.112. The van der Waals surface area contributed by atoms with Gasteiger partial charge in [0.15, 0.2) is 11.8 Å². The van der Waals surface area contributed by atoms with Crippen molar-refractivity contribution in [2.75, 3.05) is 7.11 Å². The summed E-state index contributed by atoms with van der Waals surface area (Å²) in [6, 6.07) is 7.64. The molecule has 9 nitrogen and oxygen atoms in total. The number of unbranched alkanes of at least 4 members (excludes halogenated alkanes) is 1. The smallest absolute Gasteiger partial charge is 0.333 e. The van der Waals surface area contributed by atoms with Gasteiger partial charge in [0.25, 0.3) is 0 Å². The van der Waals surface area contributed by atoms with Crippen molar-refractivity contribution in [2.45, 2.75) is 78.4 Å². The summed E-state index contributed by atoms with van der Waals surface area (Å²) in [5, 5.41) is 0. The Morgan fingerprint density at radius 3 is 2.51 bits per heavy atom. The van der Waals surface area contributed by atoms with Crippen molar-refractivity contribution >= 4 is 30.0 Å². The van der Waals surface area contributed by atoms with Crippen molar-refractivity contribution in [1.82, 2.24) is 5.48 Å². The molecule has 1 saturated carbocycles. The third-order valence-corrected chi connectivity index (χ3v) is 8.61. The fourth-order valence-electron chi connectivity index (χ4n) is 6.08. The molecule has 1 aromatic rings. The minimum Gasteiger partial charge on any atom is -0.468 e. The molecule has 1 N–H and O–H groups in total. The minimum atomic E-state index is -1.06. The van der Waals surface area contributed by atoms with Gasteiger partial charge in [0, 0.05) is 11.0 Å². The normalized spacial score (nSPS) is 25.0. The molecule has 0 aromatic heterocycles. The third-order valence-electron chi connectivity index (χ3n) is 8.61. The molecule has 1 fully saturated rings. The Morgan fingerprint density at radius 2 is 1.88 bits per heavy atom. The van der Waals surface area contributed by atoms with Crippen LogP contribution in [-0.2, 0) is 38.3 Å². The highest BCUT2D eigenvalue weighted by atomic mass is 16.7. The molecule has 0 radical (unpaired) electrons. The molecule has 9 heteroatoms. The molecule has 0 saturated heterocycles. The van der Waals surface area contributed by atoms with Crippen molar-refractivity contribution in [3.63, 3.8) is 0 Å². The second kappa shape index (κ2) is 15.0. The number of esters is 2. The number of hydroxylamine groups is 1. The van der Waals surface area contributed by atoms with Crippen molar-refractivity contribution in [2.24, 2.45) is 23.2 Å². The molecule has 0 amide bonds. The summed E-state index contributed by atoms with van der Waals surface area (Å²) in [6.45, 7) is 11.5. The van der Waals surface area contributed by atoms with Crippen molar-refractivity contribution < 1.29 is 38.3 Å². The molecule has 1 aromatic carbocycles. The van der Waals surface area contributed by atoms with Crippen LogP contribution in [0.2, 0.25) is 0 Å². The van der Waals surface area contributed by atoms with Gasteiger partial charge in [-0.3, -0.25) is 14.4 Å². The lowest BCUT2D eigenvalue weighted by atomic mass is 9.56. The van der Waals surface area contributed by atoms with Crippen LogP contribution in [0.4, 0.5) is 0 Å². The highest BCUT2D eigenvalue weighted by molar-refractivity contribution is 6.00. The van der Waals surface area contributed by atoms with Gasteiger partial charge in [-0.25, -0.2) is 9.59 Å². The first kappa shape index (κ1) is 33.6. The van der Waals surface area contributed by atoms with Crippen LogP contribution in [0.3, 0.4) is 0 Å². The third kappa shape index (κ3) is 7.96. The summed E-state index contributed by atoms with van der Waals surface area (Å²) in [5.74, 6) is -3.46. The van der Waals surface area contributed by atoms with Crippen LogP contribution in [0.15, 0.2) is 65.8 Å². The van der Waals surface area contributed by atoms with Gasteiger partial charge in [0.2, 0.25) is 0 Å². The van der Waals surface area contributed by atoms with Gasteiger partial charge in [-0.1, -0.05) is 76.6 Å². The number of rotatable bonds is 13. The van der Waals surface area contributed by atoms with E-state index in [9.17, 15) is 24.0 Å². The number of hydrogen-bond donors (Lipinski definition) is 1. The zero-order valence-electron chi connectivity index (χ0n) is 25.7. The highest BCUT2D eigenvalue weighted by Crippen LogP contribution is 2.53. The Bertz CT molecular complexity index is 1280. The van der Waals surface area contributed by atoms with Gasteiger partial charge in [-0.2, -0.15) is 0 Å². The summed E-state index contributed by atoms with van der Waals surface area (Å²) in [4.78, 5) is 69.4. The van der Waals surface area contributed by atoms with Crippen LogP contribution < -0.4 is 5.48 Å². The van der Waals surface area contributed by atoms with E-state index in [1.807, 2.05) is 13.0 Å². The maximum atomic E-state index is 13.6. The second-order valence-corrected chi connectivity index (χ2v) is 11.8. The standard InChI is InChI=1S/C34H43NO8/c1-7-8-12-21(2)17-22(3)31(38)42-29-16-15-26(34(5)19-25(23(4)20-36)28(37)18-27(29)34)32(39)43-35-30(33(40)41-6)24-13-10-9-11-14-24/h9-11,13-14,17-18,20-21,25-26,29-30,35H,4,7-8,12,15-16,19H2,1-3,5-6H3/b22-17+/t21?,25-,26+,29+,30+,34+/m0/s1. The van der Waals surface area contributed by atoms with E-state index in [0.717, 1.165) is 19.3 Å². The first-order valence-corrected chi connectivity index (χ1v) is 14.8. The fourth-order valence-corrected chi connectivity index (χ4v) is 6.08. The number of allylic oxidation sites excluding steroid dienone is 3. The lowest BCUT2D eigenvalue weighted by Gasteiger charge is -2.48. The Morgan fingerprint density at radius 1 is 1.19 bits per heavy atom. The molecule has 0 heterocycles. The summed E-state index contributed by atoms with van der Waals surface area (Å²) < 4.78 is 10.8. The SMILES string of the molecule is C=C(C=O)[C@@H]1C[C@@]2(C)C(=CC1=O)[C@H](OC(=O)/C(C)=C/C(C)CCCC)CC[C@@H]2C(=O)ON[C@@H](C(=O)OC)c1ccccc1. The summed E-state index contributed by atoms with van der Waals surface area (Å²) in [6.07, 6.45) is 6.90. The van der Waals surface area contributed by atoms with Crippen LogP contribution >= 0.6 is 0 Å². The van der Waals surface area contributed by atoms with Gasteiger partial charge in [0.1, 0.15) is 12.4 Å². The Labute approximate surface area is 253 Å². The molecule has 43 heavy (non-hydrogen) atoms. The molecular formula is C34H43NO8. The zero-order chi connectivity index (χ0) is 31.7.